The molecule has 1 saturated heterocycles. The summed E-state index contributed by atoms with van der Waals surface area (Å²) in [7, 11) is 1.96. The molecule has 140 valence electrons. The van der Waals surface area contributed by atoms with E-state index in [-0.39, 0.29) is 5.60 Å². The molecular weight excluding hydrogens is 324 g/mol. The van der Waals surface area contributed by atoms with Gasteiger partial charge >= 0.3 is 0 Å². The van der Waals surface area contributed by atoms with Crippen LogP contribution in [0.15, 0.2) is 36.7 Å². The van der Waals surface area contributed by atoms with Crippen molar-refractivity contribution in [1.82, 2.24) is 20.0 Å². The van der Waals surface area contributed by atoms with Crippen LogP contribution in [0.5, 0.6) is 5.75 Å². The quantitative estimate of drug-likeness (QED) is 0.915. The van der Waals surface area contributed by atoms with Gasteiger partial charge in [0.25, 0.3) is 0 Å². The summed E-state index contributed by atoms with van der Waals surface area (Å²) in [6, 6.07) is 9.46. The Hall–Kier alpha value is -1.85. The minimum absolute atomic E-state index is 0.0354. The van der Waals surface area contributed by atoms with Crippen LogP contribution in [0.25, 0.3) is 0 Å². The maximum Gasteiger partial charge on any atom is 0.124 e. The summed E-state index contributed by atoms with van der Waals surface area (Å²) >= 11 is 0. The number of fused-ring (bicyclic) bond motifs is 1. The molecule has 0 amide bonds. The molecule has 1 atom stereocenters. The SMILES string of the molecule is CC(C)N1CCC2(CC1)C[C@@H](NCc1cnn(C)c1)c1ccccc1O2. The second kappa shape index (κ2) is 7.05. The van der Waals surface area contributed by atoms with E-state index < -0.39 is 0 Å². The standard InChI is InChI=1S/C21H30N4O/c1-16(2)25-10-8-21(9-11-25)12-19(18-6-4-5-7-20(18)26-21)22-13-17-14-23-24(3)15-17/h4-7,14-16,19,22H,8-13H2,1-3H3/t19-/m1/s1. The van der Waals surface area contributed by atoms with Gasteiger partial charge in [-0.15, -0.1) is 0 Å². The van der Waals surface area contributed by atoms with Crippen LogP contribution >= 0.6 is 0 Å². The summed E-state index contributed by atoms with van der Waals surface area (Å²) in [4.78, 5) is 2.56. The average Bonchev–Trinajstić information content (AvgIpc) is 3.05. The molecule has 1 aromatic heterocycles. The number of aryl methyl sites for hydroxylation is 1. The summed E-state index contributed by atoms with van der Waals surface area (Å²) in [6.45, 7) is 7.64. The highest BCUT2D eigenvalue weighted by Gasteiger charge is 2.43. The Morgan fingerprint density at radius 1 is 1.27 bits per heavy atom. The van der Waals surface area contributed by atoms with E-state index in [2.05, 4.69) is 59.6 Å². The Labute approximate surface area is 156 Å². The van der Waals surface area contributed by atoms with E-state index in [1.807, 2.05) is 17.9 Å². The molecule has 2 aromatic rings. The summed E-state index contributed by atoms with van der Waals surface area (Å²) in [5, 5.41) is 8.05. The van der Waals surface area contributed by atoms with Gasteiger partial charge in [-0.05, 0) is 32.8 Å². The Morgan fingerprint density at radius 3 is 2.73 bits per heavy atom. The number of rotatable bonds is 4. The van der Waals surface area contributed by atoms with Crippen LogP contribution in [0, 0.1) is 0 Å². The Balaban J connectivity index is 1.51. The number of hydrogen-bond donors (Lipinski definition) is 1. The number of para-hydroxylation sites is 1. The second-order valence-corrected chi connectivity index (χ2v) is 8.11. The van der Waals surface area contributed by atoms with Gasteiger partial charge in [0.15, 0.2) is 0 Å². The number of benzene rings is 1. The van der Waals surface area contributed by atoms with Crippen LogP contribution < -0.4 is 10.1 Å². The minimum atomic E-state index is -0.0354. The predicted octanol–water partition coefficient (Wildman–Crippen LogP) is 3.28. The summed E-state index contributed by atoms with van der Waals surface area (Å²) < 4.78 is 8.45. The maximum atomic E-state index is 6.59. The Bertz CT molecular complexity index is 746. The van der Waals surface area contributed by atoms with Crippen molar-refractivity contribution >= 4 is 0 Å². The van der Waals surface area contributed by atoms with Crippen molar-refractivity contribution in [3.05, 3.63) is 47.8 Å². The van der Waals surface area contributed by atoms with Gasteiger partial charge in [-0.1, -0.05) is 18.2 Å². The van der Waals surface area contributed by atoms with Gasteiger partial charge in [0.1, 0.15) is 11.4 Å². The fraction of sp³-hybridized carbons (Fsp3) is 0.571. The number of ether oxygens (including phenoxy) is 1. The minimum Gasteiger partial charge on any atom is -0.487 e. The molecule has 0 bridgehead atoms. The first kappa shape index (κ1) is 17.6. The highest BCUT2D eigenvalue weighted by molar-refractivity contribution is 5.39. The highest BCUT2D eigenvalue weighted by Crippen LogP contribution is 2.44. The molecular formula is C21H30N4O. The molecule has 5 heteroatoms. The van der Waals surface area contributed by atoms with Gasteiger partial charge in [0, 0.05) is 62.5 Å². The van der Waals surface area contributed by atoms with Gasteiger partial charge < -0.3 is 15.0 Å². The van der Waals surface area contributed by atoms with E-state index >= 15 is 0 Å². The van der Waals surface area contributed by atoms with E-state index in [0.29, 0.717) is 12.1 Å². The lowest BCUT2D eigenvalue weighted by Gasteiger charge is -2.48. The lowest BCUT2D eigenvalue weighted by atomic mass is 9.80. The van der Waals surface area contributed by atoms with Crippen LogP contribution in [0.3, 0.4) is 0 Å². The van der Waals surface area contributed by atoms with E-state index in [1.165, 1.54) is 11.1 Å². The topological polar surface area (TPSA) is 42.3 Å². The molecule has 2 aliphatic rings. The van der Waals surface area contributed by atoms with Crippen LogP contribution in [0.1, 0.15) is 50.3 Å². The number of hydrogen-bond acceptors (Lipinski definition) is 4. The third-order valence-corrected chi connectivity index (χ3v) is 5.95. The van der Waals surface area contributed by atoms with Crippen LogP contribution in [-0.4, -0.2) is 39.4 Å². The molecule has 1 aromatic carbocycles. The zero-order valence-corrected chi connectivity index (χ0v) is 16.1. The van der Waals surface area contributed by atoms with Crippen LogP contribution in [-0.2, 0) is 13.6 Å². The van der Waals surface area contributed by atoms with E-state index in [9.17, 15) is 0 Å². The summed E-state index contributed by atoms with van der Waals surface area (Å²) in [5.41, 5.74) is 2.47. The monoisotopic (exact) mass is 354 g/mol. The molecule has 1 N–H and O–H groups in total. The molecule has 2 aliphatic heterocycles. The van der Waals surface area contributed by atoms with Crippen molar-refractivity contribution < 1.29 is 4.74 Å². The molecule has 26 heavy (non-hydrogen) atoms. The van der Waals surface area contributed by atoms with E-state index in [0.717, 1.165) is 44.6 Å². The number of piperidine rings is 1. The molecule has 0 saturated carbocycles. The fourth-order valence-corrected chi connectivity index (χ4v) is 4.36. The van der Waals surface area contributed by atoms with E-state index in [1.54, 1.807) is 0 Å². The van der Waals surface area contributed by atoms with Crippen LogP contribution in [0.4, 0.5) is 0 Å². The van der Waals surface area contributed by atoms with Crippen molar-refractivity contribution in [3.63, 3.8) is 0 Å². The zero-order valence-electron chi connectivity index (χ0n) is 16.1. The lowest BCUT2D eigenvalue weighted by molar-refractivity contribution is -0.0314. The average molecular weight is 354 g/mol. The smallest absolute Gasteiger partial charge is 0.124 e. The largest absolute Gasteiger partial charge is 0.487 e. The molecule has 4 rings (SSSR count). The van der Waals surface area contributed by atoms with Crippen molar-refractivity contribution in [3.8, 4) is 5.75 Å². The third kappa shape index (κ3) is 3.51. The summed E-state index contributed by atoms with van der Waals surface area (Å²) in [6.07, 6.45) is 7.26. The molecule has 1 spiro atoms. The Kier molecular flexibility index (Phi) is 4.76. The van der Waals surface area contributed by atoms with Crippen molar-refractivity contribution in [2.45, 2.75) is 57.3 Å². The highest BCUT2D eigenvalue weighted by atomic mass is 16.5. The zero-order chi connectivity index (χ0) is 18.1. The molecule has 0 radical (unpaired) electrons. The van der Waals surface area contributed by atoms with Gasteiger partial charge in [0.2, 0.25) is 0 Å². The first-order valence-electron chi connectivity index (χ1n) is 9.78. The van der Waals surface area contributed by atoms with Gasteiger partial charge in [-0.2, -0.15) is 5.10 Å². The van der Waals surface area contributed by atoms with Crippen molar-refractivity contribution in [2.24, 2.45) is 7.05 Å². The number of aromatic nitrogens is 2. The first-order chi connectivity index (χ1) is 12.5. The number of likely N-dealkylation sites (tertiary alicyclic amines) is 1. The maximum absolute atomic E-state index is 6.59. The normalized spacial score (nSPS) is 22.4. The summed E-state index contributed by atoms with van der Waals surface area (Å²) in [5.74, 6) is 1.06. The number of nitrogens with zero attached hydrogens (tertiary/aromatic N) is 3. The molecule has 0 aliphatic carbocycles. The predicted molar refractivity (Wildman–Crippen MR) is 103 cm³/mol. The van der Waals surface area contributed by atoms with Crippen molar-refractivity contribution in [2.75, 3.05) is 13.1 Å². The molecule has 1 fully saturated rings. The van der Waals surface area contributed by atoms with E-state index in [4.69, 9.17) is 4.74 Å². The molecule has 0 unspecified atom stereocenters. The lowest BCUT2D eigenvalue weighted by Crippen LogP contribution is -2.53. The van der Waals surface area contributed by atoms with Crippen molar-refractivity contribution in [1.29, 1.82) is 0 Å². The molecule has 3 heterocycles. The van der Waals surface area contributed by atoms with Gasteiger partial charge in [-0.25, -0.2) is 0 Å². The third-order valence-electron chi connectivity index (χ3n) is 5.95. The number of nitrogens with one attached hydrogen (secondary N) is 1. The van der Waals surface area contributed by atoms with Gasteiger partial charge in [0.05, 0.1) is 6.20 Å². The molecule has 5 nitrogen and oxygen atoms in total. The van der Waals surface area contributed by atoms with Gasteiger partial charge in [-0.3, -0.25) is 4.68 Å². The first-order valence-corrected chi connectivity index (χ1v) is 9.78. The fourth-order valence-electron chi connectivity index (χ4n) is 4.36. The van der Waals surface area contributed by atoms with Crippen LogP contribution in [0.2, 0.25) is 0 Å². The second-order valence-electron chi connectivity index (χ2n) is 8.11. The Morgan fingerprint density at radius 2 is 2.04 bits per heavy atom.